The fourth-order valence-electron chi connectivity index (χ4n) is 2.92. The van der Waals surface area contributed by atoms with E-state index >= 15 is 0 Å². The molecule has 1 saturated carbocycles. The number of hydrogen-bond donors (Lipinski definition) is 1. The van der Waals surface area contributed by atoms with Crippen LogP contribution in [-0.4, -0.2) is 37.6 Å². The zero-order valence-electron chi connectivity index (χ0n) is 10.4. The molecule has 0 radical (unpaired) electrons. The van der Waals surface area contributed by atoms with Crippen molar-refractivity contribution in [3.63, 3.8) is 0 Å². The highest BCUT2D eigenvalue weighted by atomic mass is 15.1. The Morgan fingerprint density at radius 1 is 1.40 bits per heavy atom. The van der Waals surface area contributed by atoms with Gasteiger partial charge in [-0.3, -0.25) is 0 Å². The Bertz CT molecular complexity index is 199. The summed E-state index contributed by atoms with van der Waals surface area (Å²) >= 11 is 0. The molecule has 15 heavy (non-hydrogen) atoms. The zero-order chi connectivity index (χ0) is 10.7. The second kappa shape index (κ2) is 4.84. The topological polar surface area (TPSA) is 15.3 Å². The summed E-state index contributed by atoms with van der Waals surface area (Å²) in [5.41, 5.74) is 0.713. The maximum atomic E-state index is 3.80. The first-order chi connectivity index (χ1) is 7.24. The molecule has 1 heterocycles. The van der Waals surface area contributed by atoms with Gasteiger partial charge in [-0.25, -0.2) is 0 Å². The monoisotopic (exact) mass is 210 g/mol. The SMILES string of the molecule is CCCC1(CNC2CCCN(C)C2)CC1. The van der Waals surface area contributed by atoms with Crippen LogP contribution in [0.3, 0.4) is 0 Å². The van der Waals surface area contributed by atoms with E-state index in [-0.39, 0.29) is 0 Å². The maximum absolute atomic E-state index is 3.80. The van der Waals surface area contributed by atoms with Gasteiger partial charge in [-0.1, -0.05) is 13.3 Å². The number of rotatable bonds is 5. The number of likely N-dealkylation sites (tertiary alicyclic amines) is 1. The summed E-state index contributed by atoms with van der Waals surface area (Å²) in [6, 6.07) is 0.762. The van der Waals surface area contributed by atoms with Gasteiger partial charge in [0.15, 0.2) is 0 Å². The van der Waals surface area contributed by atoms with Gasteiger partial charge in [-0.2, -0.15) is 0 Å². The van der Waals surface area contributed by atoms with Crippen molar-refractivity contribution < 1.29 is 0 Å². The highest BCUT2D eigenvalue weighted by Gasteiger charge is 2.41. The minimum Gasteiger partial charge on any atom is -0.312 e. The van der Waals surface area contributed by atoms with E-state index < -0.39 is 0 Å². The summed E-state index contributed by atoms with van der Waals surface area (Å²) in [5, 5.41) is 3.80. The molecule has 2 nitrogen and oxygen atoms in total. The van der Waals surface area contributed by atoms with Gasteiger partial charge in [0.1, 0.15) is 0 Å². The fourth-order valence-corrected chi connectivity index (χ4v) is 2.92. The van der Waals surface area contributed by atoms with Crippen LogP contribution < -0.4 is 5.32 Å². The van der Waals surface area contributed by atoms with E-state index in [1.807, 2.05) is 0 Å². The predicted molar refractivity (Wildman–Crippen MR) is 65.1 cm³/mol. The lowest BCUT2D eigenvalue weighted by atomic mass is 9.99. The lowest BCUT2D eigenvalue weighted by Gasteiger charge is -2.31. The van der Waals surface area contributed by atoms with Gasteiger partial charge in [0.2, 0.25) is 0 Å². The molecule has 1 aliphatic heterocycles. The van der Waals surface area contributed by atoms with Crippen LogP contribution in [0.15, 0.2) is 0 Å². The van der Waals surface area contributed by atoms with E-state index in [0.29, 0.717) is 5.41 Å². The molecule has 2 rings (SSSR count). The molecule has 2 heteroatoms. The number of nitrogens with one attached hydrogen (secondary N) is 1. The average molecular weight is 210 g/mol. The first-order valence-corrected chi connectivity index (χ1v) is 6.66. The molecule has 1 aliphatic carbocycles. The van der Waals surface area contributed by atoms with Crippen molar-refractivity contribution >= 4 is 0 Å². The third-order valence-corrected chi connectivity index (χ3v) is 4.13. The molecule has 1 atom stereocenters. The normalized spacial score (nSPS) is 30.4. The number of hydrogen-bond acceptors (Lipinski definition) is 2. The molecule has 1 unspecified atom stereocenters. The minimum absolute atomic E-state index is 0.713. The van der Waals surface area contributed by atoms with Crippen LogP contribution in [0.1, 0.15) is 45.4 Å². The summed E-state index contributed by atoms with van der Waals surface area (Å²) in [4.78, 5) is 2.46. The molecule has 0 amide bonds. The van der Waals surface area contributed by atoms with Gasteiger partial charge in [-0.05, 0) is 51.1 Å². The predicted octanol–water partition coefficient (Wildman–Crippen LogP) is 2.25. The van der Waals surface area contributed by atoms with Crippen LogP contribution in [0.4, 0.5) is 0 Å². The minimum atomic E-state index is 0.713. The molecule has 0 aromatic heterocycles. The van der Waals surface area contributed by atoms with Gasteiger partial charge < -0.3 is 10.2 Å². The van der Waals surface area contributed by atoms with Crippen LogP contribution in [0.5, 0.6) is 0 Å². The molecule has 0 aromatic rings. The Labute approximate surface area is 94.4 Å². The quantitative estimate of drug-likeness (QED) is 0.749. The van der Waals surface area contributed by atoms with E-state index in [1.54, 1.807) is 0 Å². The second-order valence-corrected chi connectivity index (χ2v) is 5.73. The largest absolute Gasteiger partial charge is 0.312 e. The Balaban J connectivity index is 1.68. The Kier molecular flexibility index (Phi) is 3.68. The fraction of sp³-hybridized carbons (Fsp3) is 1.00. The summed E-state index contributed by atoms with van der Waals surface area (Å²) < 4.78 is 0. The van der Waals surface area contributed by atoms with Crippen molar-refractivity contribution in [1.29, 1.82) is 0 Å². The molecule has 1 N–H and O–H groups in total. The third kappa shape index (κ3) is 3.18. The summed E-state index contributed by atoms with van der Waals surface area (Å²) in [6.07, 6.45) is 8.48. The van der Waals surface area contributed by atoms with Crippen molar-refractivity contribution in [3.05, 3.63) is 0 Å². The van der Waals surface area contributed by atoms with Crippen molar-refractivity contribution in [2.24, 2.45) is 5.41 Å². The summed E-state index contributed by atoms with van der Waals surface area (Å²) in [6.45, 7) is 6.13. The van der Waals surface area contributed by atoms with Gasteiger partial charge in [0.05, 0.1) is 0 Å². The van der Waals surface area contributed by atoms with Gasteiger partial charge in [0, 0.05) is 19.1 Å². The molecular formula is C13H26N2. The Hall–Kier alpha value is -0.0800. The van der Waals surface area contributed by atoms with E-state index in [4.69, 9.17) is 0 Å². The van der Waals surface area contributed by atoms with Gasteiger partial charge >= 0.3 is 0 Å². The van der Waals surface area contributed by atoms with E-state index in [1.165, 1.54) is 58.2 Å². The van der Waals surface area contributed by atoms with Crippen LogP contribution >= 0.6 is 0 Å². The van der Waals surface area contributed by atoms with Crippen molar-refractivity contribution in [1.82, 2.24) is 10.2 Å². The van der Waals surface area contributed by atoms with Gasteiger partial charge in [0.25, 0.3) is 0 Å². The van der Waals surface area contributed by atoms with Crippen LogP contribution in [0.25, 0.3) is 0 Å². The van der Waals surface area contributed by atoms with Crippen LogP contribution in [0, 0.1) is 5.41 Å². The van der Waals surface area contributed by atoms with E-state index in [0.717, 1.165) is 6.04 Å². The third-order valence-electron chi connectivity index (χ3n) is 4.13. The Morgan fingerprint density at radius 2 is 2.20 bits per heavy atom. The summed E-state index contributed by atoms with van der Waals surface area (Å²) in [7, 11) is 2.24. The smallest absolute Gasteiger partial charge is 0.0195 e. The van der Waals surface area contributed by atoms with Crippen molar-refractivity contribution in [3.8, 4) is 0 Å². The van der Waals surface area contributed by atoms with Crippen molar-refractivity contribution in [2.45, 2.75) is 51.5 Å². The number of likely N-dealkylation sites (N-methyl/N-ethyl adjacent to an activating group) is 1. The number of nitrogens with zero attached hydrogens (tertiary/aromatic N) is 1. The van der Waals surface area contributed by atoms with Crippen molar-refractivity contribution in [2.75, 3.05) is 26.7 Å². The highest BCUT2D eigenvalue weighted by molar-refractivity contribution is 4.95. The first-order valence-electron chi connectivity index (χ1n) is 6.66. The molecular weight excluding hydrogens is 184 g/mol. The van der Waals surface area contributed by atoms with Crippen LogP contribution in [-0.2, 0) is 0 Å². The molecule has 0 bridgehead atoms. The van der Waals surface area contributed by atoms with Gasteiger partial charge in [-0.15, -0.1) is 0 Å². The number of piperidine rings is 1. The maximum Gasteiger partial charge on any atom is 0.0195 e. The molecule has 0 aromatic carbocycles. The molecule has 1 saturated heterocycles. The molecule has 0 spiro atoms. The Morgan fingerprint density at radius 3 is 2.80 bits per heavy atom. The van der Waals surface area contributed by atoms with Crippen LogP contribution in [0.2, 0.25) is 0 Å². The molecule has 2 aliphatic rings. The highest BCUT2D eigenvalue weighted by Crippen LogP contribution is 2.49. The van der Waals surface area contributed by atoms with E-state index in [2.05, 4.69) is 24.2 Å². The first kappa shape index (κ1) is 11.4. The summed E-state index contributed by atoms with van der Waals surface area (Å²) in [5.74, 6) is 0. The lowest BCUT2D eigenvalue weighted by molar-refractivity contribution is 0.218. The molecule has 88 valence electrons. The second-order valence-electron chi connectivity index (χ2n) is 5.73. The van der Waals surface area contributed by atoms with E-state index in [9.17, 15) is 0 Å². The average Bonchev–Trinajstić information content (AvgIpc) is 2.97. The lowest BCUT2D eigenvalue weighted by Crippen LogP contribution is -2.45. The zero-order valence-corrected chi connectivity index (χ0v) is 10.4. The standard InChI is InChI=1S/C13H26N2/c1-3-6-13(7-8-13)11-14-12-5-4-9-15(2)10-12/h12,14H,3-11H2,1-2H3. The molecule has 2 fully saturated rings.